The summed E-state index contributed by atoms with van der Waals surface area (Å²) in [6.07, 6.45) is -0.246. The lowest BCUT2D eigenvalue weighted by atomic mass is 9.82. The summed E-state index contributed by atoms with van der Waals surface area (Å²) in [6, 6.07) is 27.2. The number of nitrogens with zero attached hydrogens (tertiary/aromatic N) is 1. The van der Waals surface area contributed by atoms with E-state index in [1.165, 1.54) is 6.07 Å². The number of amides is 1. The highest BCUT2D eigenvalue weighted by atomic mass is 19.1. The van der Waals surface area contributed by atoms with Crippen LogP contribution in [0.15, 0.2) is 102 Å². The minimum atomic E-state index is -1.54. The highest BCUT2D eigenvalue weighted by Gasteiger charge is 2.53. The second-order valence-electron chi connectivity index (χ2n) is 10.1. The van der Waals surface area contributed by atoms with Crippen molar-refractivity contribution in [1.82, 2.24) is 5.32 Å². The molecule has 0 fully saturated rings. The minimum absolute atomic E-state index is 0.0313. The molecule has 0 unspecified atom stereocenters. The minimum Gasteiger partial charge on any atom is -0.497 e. The number of nitrogens with one attached hydrogen (secondary N) is 1. The maximum atomic E-state index is 14.5. The van der Waals surface area contributed by atoms with Crippen LogP contribution >= 0.6 is 0 Å². The van der Waals surface area contributed by atoms with Gasteiger partial charge in [0.2, 0.25) is 5.90 Å². The van der Waals surface area contributed by atoms with Gasteiger partial charge in [-0.1, -0.05) is 48.5 Å². The molecule has 222 valence electrons. The Balaban J connectivity index is 1.57. The van der Waals surface area contributed by atoms with Gasteiger partial charge in [0.15, 0.2) is 11.6 Å². The van der Waals surface area contributed by atoms with Gasteiger partial charge in [-0.05, 0) is 59.7 Å². The fourth-order valence-corrected chi connectivity index (χ4v) is 5.02. The number of methoxy groups -OCH3 is 1. The molecular formula is C34H32F2N2O5. The van der Waals surface area contributed by atoms with Crippen molar-refractivity contribution in [3.05, 3.63) is 131 Å². The van der Waals surface area contributed by atoms with Gasteiger partial charge < -0.3 is 24.6 Å². The Morgan fingerprint density at radius 3 is 2.37 bits per heavy atom. The zero-order valence-corrected chi connectivity index (χ0v) is 23.6. The summed E-state index contributed by atoms with van der Waals surface area (Å²) in [5.41, 5.74) is 0.295. The monoisotopic (exact) mass is 586 g/mol. The molecule has 4 aromatic carbocycles. The smallest absolute Gasteiger partial charge is 0.252 e. The van der Waals surface area contributed by atoms with Crippen molar-refractivity contribution in [3.8, 4) is 11.5 Å². The van der Waals surface area contributed by atoms with E-state index >= 15 is 0 Å². The van der Waals surface area contributed by atoms with Crippen molar-refractivity contribution in [2.75, 3.05) is 20.3 Å². The van der Waals surface area contributed by atoms with Crippen LogP contribution in [0.25, 0.3) is 0 Å². The summed E-state index contributed by atoms with van der Waals surface area (Å²) in [4.78, 5) is 19.2. The number of aliphatic hydroxyl groups is 1. The van der Waals surface area contributed by atoms with E-state index in [0.717, 1.165) is 17.7 Å². The molecule has 0 aromatic heterocycles. The Labute approximate surface area is 248 Å². The average molecular weight is 587 g/mol. The molecule has 9 heteroatoms. The highest BCUT2D eigenvalue weighted by molar-refractivity contribution is 6.01. The van der Waals surface area contributed by atoms with E-state index in [-0.39, 0.29) is 31.0 Å². The van der Waals surface area contributed by atoms with Crippen LogP contribution < -0.4 is 14.8 Å². The molecule has 0 saturated heterocycles. The molecule has 2 atom stereocenters. The van der Waals surface area contributed by atoms with Crippen LogP contribution in [-0.4, -0.2) is 42.8 Å². The molecule has 7 nitrogen and oxygen atoms in total. The van der Waals surface area contributed by atoms with E-state index in [0.29, 0.717) is 35.7 Å². The van der Waals surface area contributed by atoms with Gasteiger partial charge in [-0.15, -0.1) is 0 Å². The van der Waals surface area contributed by atoms with Gasteiger partial charge in [0.1, 0.15) is 23.1 Å². The molecular weight excluding hydrogens is 554 g/mol. The zero-order chi connectivity index (χ0) is 30.2. The van der Waals surface area contributed by atoms with Crippen molar-refractivity contribution in [3.63, 3.8) is 0 Å². The summed E-state index contributed by atoms with van der Waals surface area (Å²) in [5.74, 6) is -0.643. The van der Waals surface area contributed by atoms with Gasteiger partial charge >= 0.3 is 0 Å². The summed E-state index contributed by atoms with van der Waals surface area (Å²) in [6.45, 7) is 0.0289. The van der Waals surface area contributed by atoms with Crippen LogP contribution in [0.1, 0.15) is 34.8 Å². The number of ether oxygens (including phenoxy) is 3. The molecule has 4 aromatic rings. The first-order valence-electron chi connectivity index (χ1n) is 13.9. The third-order valence-electron chi connectivity index (χ3n) is 7.23. The lowest BCUT2D eigenvalue weighted by Crippen LogP contribution is -2.49. The number of hydrogen-bond donors (Lipinski definition) is 2. The van der Waals surface area contributed by atoms with Gasteiger partial charge in [-0.25, -0.2) is 13.8 Å². The Bertz CT molecular complexity index is 1560. The number of aliphatic hydroxyl groups excluding tert-OH is 1. The van der Waals surface area contributed by atoms with E-state index in [2.05, 4.69) is 5.32 Å². The molecule has 0 spiro atoms. The van der Waals surface area contributed by atoms with Crippen LogP contribution in [0.3, 0.4) is 0 Å². The molecule has 0 bridgehead atoms. The molecule has 5 rings (SSSR count). The molecule has 0 aliphatic carbocycles. The van der Waals surface area contributed by atoms with Crippen LogP contribution in [0.5, 0.6) is 11.5 Å². The fourth-order valence-electron chi connectivity index (χ4n) is 5.02. The summed E-state index contributed by atoms with van der Waals surface area (Å²) in [5, 5.41) is 11.8. The number of aliphatic imine (C=N–C) groups is 1. The zero-order valence-electron chi connectivity index (χ0n) is 23.6. The molecule has 0 saturated carbocycles. The predicted octanol–water partition coefficient (Wildman–Crippen LogP) is 5.55. The van der Waals surface area contributed by atoms with Crippen molar-refractivity contribution in [1.29, 1.82) is 0 Å². The Hall–Kier alpha value is -4.76. The maximum Gasteiger partial charge on any atom is 0.252 e. The number of benzene rings is 4. The van der Waals surface area contributed by atoms with Crippen molar-refractivity contribution in [2.24, 2.45) is 4.99 Å². The van der Waals surface area contributed by atoms with Gasteiger partial charge in [-0.3, -0.25) is 4.79 Å². The largest absolute Gasteiger partial charge is 0.497 e. The van der Waals surface area contributed by atoms with Crippen LogP contribution in [-0.2, 0) is 22.5 Å². The third-order valence-corrected chi connectivity index (χ3v) is 7.23. The Morgan fingerprint density at radius 1 is 0.953 bits per heavy atom. The first kappa shape index (κ1) is 29.7. The fraction of sp³-hybridized carbons (Fsp3) is 0.235. The Kier molecular flexibility index (Phi) is 9.32. The number of carbonyl (C=O) groups is 1. The lowest BCUT2D eigenvalue weighted by Gasteiger charge is -2.31. The molecule has 1 aliphatic heterocycles. The van der Waals surface area contributed by atoms with Crippen LogP contribution in [0.4, 0.5) is 8.78 Å². The van der Waals surface area contributed by atoms with E-state index in [1.807, 2.05) is 36.4 Å². The first-order valence-corrected chi connectivity index (χ1v) is 13.9. The molecule has 1 amide bonds. The lowest BCUT2D eigenvalue weighted by molar-refractivity contribution is -0.129. The maximum absolute atomic E-state index is 14.5. The number of rotatable bonds is 12. The van der Waals surface area contributed by atoms with Crippen molar-refractivity contribution in [2.45, 2.75) is 31.0 Å². The summed E-state index contributed by atoms with van der Waals surface area (Å²) in [7, 11) is 1.55. The number of carbonyl (C=O) groups excluding carboxylic acids is 1. The molecule has 2 N–H and O–H groups in total. The highest BCUT2D eigenvalue weighted by Crippen LogP contribution is 2.43. The quantitative estimate of drug-likeness (QED) is 0.213. The van der Waals surface area contributed by atoms with Gasteiger partial charge in [0.05, 0.1) is 13.7 Å². The van der Waals surface area contributed by atoms with Crippen LogP contribution in [0.2, 0.25) is 0 Å². The Morgan fingerprint density at radius 2 is 1.67 bits per heavy atom. The van der Waals surface area contributed by atoms with Crippen molar-refractivity contribution < 1.29 is 32.9 Å². The van der Waals surface area contributed by atoms with Crippen LogP contribution in [0, 0.1) is 11.6 Å². The molecule has 0 radical (unpaired) electrons. The average Bonchev–Trinajstić information content (AvgIpc) is 3.42. The topological polar surface area (TPSA) is 89.4 Å². The first-order chi connectivity index (χ1) is 20.9. The second kappa shape index (κ2) is 13.5. The van der Waals surface area contributed by atoms with Gasteiger partial charge in [0, 0.05) is 37.1 Å². The second-order valence-corrected chi connectivity index (χ2v) is 10.1. The molecule has 1 aliphatic rings. The standard InChI is InChI=1S/C34H32F2N2O5/c1-41-27-11-5-10-25(20-27)31-34(21-23-8-3-2-4-9-23,33(40)37-22-28-29(35)12-6-13-30(28)36)38-32(43-31)24-14-16-26(17-15-24)42-19-7-18-39/h2-6,8-17,20,31,39H,7,18-19,21-22H2,1H3,(H,37,40)/t31-,34-/m1/s1. The predicted molar refractivity (Wildman–Crippen MR) is 158 cm³/mol. The SMILES string of the molecule is COc1cccc([C@H]2OC(c3ccc(OCCCO)cc3)=N[C@@]2(Cc2ccccc2)C(=O)NCc2c(F)cccc2F)c1. The normalized spacial score (nSPS) is 17.6. The molecule has 1 heterocycles. The van der Waals surface area contributed by atoms with Gasteiger partial charge in [-0.2, -0.15) is 0 Å². The van der Waals surface area contributed by atoms with E-state index < -0.39 is 29.2 Å². The number of halogens is 2. The van der Waals surface area contributed by atoms with Crippen molar-refractivity contribution >= 4 is 11.8 Å². The summed E-state index contributed by atoms with van der Waals surface area (Å²) >= 11 is 0. The van der Waals surface area contributed by atoms with Gasteiger partial charge in [0.25, 0.3) is 5.91 Å². The van der Waals surface area contributed by atoms with E-state index in [1.54, 1.807) is 49.6 Å². The summed E-state index contributed by atoms with van der Waals surface area (Å²) < 4.78 is 46.6. The van der Waals surface area contributed by atoms with E-state index in [9.17, 15) is 13.6 Å². The number of hydrogen-bond acceptors (Lipinski definition) is 6. The van der Waals surface area contributed by atoms with E-state index in [4.69, 9.17) is 24.3 Å². The molecule has 43 heavy (non-hydrogen) atoms. The third kappa shape index (κ3) is 6.67.